The maximum absolute atomic E-state index is 11.3. The minimum Gasteiger partial charge on any atom is -0.480 e. The van der Waals surface area contributed by atoms with Crippen LogP contribution in [0.5, 0.6) is 0 Å². The Bertz CT molecular complexity index is 671. The van der Waals surface area contributed by atoms with Crippen LogP contribution in [0.2, 0.25) is 10.0 Å². The number of hydrogen-bond acceptors (Lipinski definition) is 3. The summed E-state index contributed by atoms with van der Waals surface area (Å²) in [6.45, 7) is 0. The van der Waals surface area contributed by atoms with E-state index >= 15 is 0 Å². The van der Waals surface area contributed by atoms with Gasteiger partial charge < -0.3 is 10.1 Å². The SMILES string of the molecule is O=C(O)[C@H]1Cc2[nH]cnc2[C@@H](c2ccc(Cl)cc2Cl)N1. The highest BCUT2D eigenvalue weighted by Gasteiger charge is 2.33. The number of aromatic amines is 1. The van der Waals surface area contributed by atoms with Crippen LogP contribution >= 0.6 is 23.2 Å². The first-order valence-corrected chi connectivity index (χ1v) is 6.78. The molecule has 1 aliphatic rings. The van der Waals surface area contributed by atoms with Gasteiger partial charge in [-0.2, -0.15) is 0 Å². The lowest BCUT2D eigenvalue weighted by molar-refractivity contribution is -0.139. The van der Waals surface area contributed by atoms with E-state index in [1.165, 1.54) is 0 Å². The monoisotopic (exact) mass is 311 g/mol. The first kappa shape index (κ1) is 13.4. The van der Waals surface area contributed by atoms with Gasteiger partial charge in [-0.3, -0.25) is 10.1 Å². The summed E-state index contributed by atoms with van der Waals surface area (Å²) < 4.78 is 0. The van der Waals surface area contributed by atoms with Gasteiger partial charge in [-0.05, 0) is 17.7 Å². The van der Waals surface area contributed by atoms with E-state index in [1.54, 1.807) is 24.5 Å². The highest BCUT2D eigenvalue weighted by atomic mass is 35.5. The Kier molecular flexibility index (Phi) is 3.41. The summed E-state index contributed by atoms with van der Waals surface area (Å²) in [6.07, 6.45) is 1.93. The number of carboxylic acids is 1. The van der Waals surface area contributed by atoms with Crippen LogP contribution in [0.3, 0.4) is 0 Å². The molecule has 0 spiro atoms. The van der Waals surface area contributed by atoms with Crippen LogP contribution in [-0.4, -0.2) is 27.1 Å². The third-order valence-corrected chi connectivity index (χ3v) is 3.94. The second-order valence-electron chi connectivity index (χ2n) is 4.63. The standard InChI is InChI=1S/C13H11Cl2N3O2/c14-6-1-2-7(8(15)3-6)11-12-9(16-5-17-12)4-10(18-11)13(19)20/h1-3,5,10-11,18H,4H2,(H,16,17)(H,19,20)/t10-,11-/m1/s1. The highest BCUT2D eigenvalue weighted by molar-refractivity contribution is 6.35. The van der Waals surface area contributed by atoms with Crippen LogP contribution in [0, 0.1) is 0 Å². The molecule has 104 valence electrons. The van der Waals surface area contributed by atoms with E-state index in [9.17, 15) is 9.90 Å². The van der Waals surface area contributed by atoms with Crippen molar-refractivity contribution in [2.75, 3.05) is 0 Å². The zero-order chi connectivity index (χ0) is 14.3. The minimum absolute atomic E-state index is 0.365. The molecule has 1 aromatic heterocycles. The number of hydrogen-bond donors (Lipinski definition) is 3. The second kappa shape index (κ2) is 5.09. The minimum atomic E-state index is -0.902. The van der Waals surface area contributed by atoms with E-state index in [2.05, 4.69) is 15.3 Å². The molecule has 0 saturated carbocycles. The molecule has 0 fully saturated rings. The predicted octanol–water partition coefficient (Wildman–Crippen LogP) is 2.40. The molecule has 2 atom stereocenters. The molecule has 2 heterocycles. The average molecular weight is 312 g/mol. The number of fused-ring (bicyclic) bond motifs is 1. The Morgan fingerprint density at radius 2 is 2.20 bits per heavy atom. The Labute approximate surface area is 124 Å². The molecule has 0 radical (unpaired) electrons. The summed E-state index contributed by atoms with van der Waals surface area (Å²) in [7, 11) is 0. The number of nitrogens with one attached hydrogen (secondary N) is 2. The van der Waals surface area contributed by atoms with E-state index in [4.69, 9.17) is 23.2 Å². The fourth-order valence-electron chi connectivity index (χ4n) is 2.42. The number of rotatable bonds is 2. The van der Waals surface area contributed by atoms with Gasteiger partial charge in [-0.1, -0.05) is 29.3 Å². The van der Waals surface area contributed by atoms with Gasteiger partial charge in [0.25, 0.3) is 0 Å². The summed E-state index contributed by atoms with van der Waals surface area (Å²) in [5.41, 5.74) is 2.34. The molecule has 20 heavy (non-hydrogen) atoms. The summed E-state index contributed by atoms with van der Waals surface area (Å²) in [5, 5.41) is 13.3. The summed E-state index contributed by atoms with van der Waals surface area (Å²) in [5.74, 6) is -0.902. The average Bonchev–Trinajstić information content (AvgIpc) is 2.86. The fraction of sp³-hybridized carbons (Fsp3) is 0.231. The highest BCUT2D eigenvalue weighted by Crippen LogP contribution is 2.33. The number of aliphatic carboxylic acids is 1. The lowest BCUT2D eigenvalue weighted by atomic mass is 9.94. The Morgan fingerprint density at radius 1 is 1.40 bits per heavy atom. The number of imidazole rings is 1. The Morgan fingerprint density at radius 3 is 2.90 bits per heavy atom. The van der Waals surface area contributed by atoms with Crippen LogP contribution < -0.4 is 5.32 Å². The molecular formula is C13H11Cl2N3O2. The van der Waals surface area contributed by atoms with Crippen molar-refractivity contribution in [2.24, 2.45) is 0 Å². The maximum atomic E-state index is 11.3. The zero-order valence-electron chi connectivity index (χ0n) is 10.2. The molecule has 0 unspecified atom stereocenters. The summed E-state index contributed by atoms with van der Waals surface area (Å²) in [6, 6.07) is 4.10. The van der Waals surface area contributed by atoms with Crippen molar-refractivity contribution in [2.45, 2.75) is 18.5 Å². The fourth-order valence-corrected chi connectivity index (χ4v) is 2.94. The van der Waals surface area contributed by atoms with Crippen LogP contribution in [0.25, 0.3) is 0 Å². The van der Waals surface area contributed by atoms with Crippen molar-refractivity contribution >= 4 is 29.2 Å². The van der Waals surface area contributed by atoms with Crippen molar-refractivity contribution in [3.63, 3.8) is 0 Å². The number of halogens is 2. The number of carboxylic acid groups (broad SMARTS) is 1. The lowest BCUT2D eigenvalue weighted by Gasteiger charge is -2.28. The number of H-pyrrole nitrogens is 1. The number of nitrogens with zero attached hydrogens (tertiary/aromatic N) is 1. The van der Waals surface area contributed by atoms with E-state index in [0.29, 0.717) is 16.5 Å². The van der Waals surface area contributed by atoms with Crippen molar-refractivity contribution < 1.29 is 9.90 Å². The quantitative estimate of drug-likeness (QED) is 0.796. The molecule has 2 aromatic rings. The maximum Gasteiger partial charge on any atom is 0.321 e. The van der Waals surface area contributed by atoms with Crippen molar-refractivity contribution in [3.8, 4) is 0 Å². The van der Waals surface area contributed by atoms with Gasteiger partial charge >= 0.3 is 5.97 Å². The molecule has 1 aromatic carbocycles. The van der Waals surface area contributed by atoms with Crippen molar-refractivity contribution in [1.29, 1.82) is 0 Å². The second-order valence-corrected chi connectivity index (χ2v) is 5.47. The first-order valence-electron chi connectivity index (χ1n) is 6.02. The molecule has 0 bridgehead atoms. The van der Waals surface area contributed by atoms with E-state index in [0.717, 1.165) is 17.0 Å². The molecule has 5 nitrogen and oxygen atoms in total. The van der Waals surface area contributed by atoms with Crippen LogP contribution in [0.15, 0.2) is 24.5 Å². The molecular weight excluding hydrogens is 301 g/mol. The smallest absolute Gasteiger partial charge is 0.321 e. The topological polar surface area (TPSA) is 78.0 Å². The van der Waals surface area contributed by atoms with E-state index in [1.807, 2.05) is 0 Å². The Balaban J connectivity index is 2.06. The van der Waals surface area contributed by atoms with E-state index < -0.39 is 12.0 Å². The molecule has 0 saturated heterocycles. The third kappa shape index (κ3) is 2.28. The largest absolute Gasteiger partial charge is 0.480 e. The van der Waals surface area contributed by atoms with Crippen LogP contribution in [0.4, 0.5) is 0 Å². The van der Waals surface area contributed by atoms with Gasteiger partial charge in [-0.15, -0.1) is 0 Å². The number of benzene rings is 1. The lowest BCUT2D eigenvalue weighted by Crippen LogP contribution is -2.45. The van der Waals surface area contributed by atoms with Gasteiger partial charge in [0, 0.05) is 22.2 Å². The van der Waals surface area contributed by atoms with Crippen LogP contribution in [0.1, 0.15) is 23.0 Å². The molecule has 0 aliphatic carbocycles. The molecule has 3 N–H and O–H groups in total. The van der Waals surface area contributed by atoms with Crippen molar-refractivity contribution in [3.05, 3.63) is 51.5 Å². The zero-order valence-corrected chi connectivity index (χ0v) is 11.7. The molecule has 7 heteroatoms. The summed E-state index contributed by atoms with van der Waals surface area (Å²) in [4.78, 5) is 18.5. The molecule has 1 aliphatic heterocycles. The van der Waals surface area contributed by atoms with Gasteiger partial charge in [-0.25, -0.2) is 4.98 Å². The Hall–Kier alpha value is -1.56. The first-order chi connectivity index (χ1) is 9.56. The molecule has 3 rings (SSSR count). The predicted molar refractivity (Wildman–Crippen MR) is 75.2 cm³/mol. The van der Waals surface area contributed by atoms with Gasteiger partial charge in [0.1, 0.15) is 6.04 Å². The van der Waals surface area contributed by atoms with Gasteiger partial charge in [0.15, 0.2) is 0 Å². The van der Waals surface area contributed by atoms with Gasteiger partial charge in [0.2, 0.25) is 0 Å². The van der Waals surface area contributed by atoms with Gasteiger partial charge in [0.05, 0.1) is 18.1 Å². The van der Waals surface area contributed by atoms with Crippen LogP contribution in [-0.2, 0) is 11.2 Å². The summed E-state index contributed by atoms with van der Waals surface area (Å²) >= 11 is 12.1. The van der Waals surface area contributed by atoms with E-state index in [-0.39, 0.29) is 6.04 Å². The van der Waals surface area contributed by atoms with Crippen molar-refractivity contribution in [1.82, 2.24) is 15.3 Å². The third-order valence-electron chi connectivity index (χ3n) is 3.37. The normalized spacial score (nSPS) is 21.5. The number of aromatic nitrogens is 2. The number of carbonyl (C=O) groups is 1. The molecule has 0 amide bonds.